The van der Waals surface area contributed by atoms with Crippen molar-refractivity contribution in [2.45, 2.75) is 19.3 Å². The summed E-state index contributed by atoms with van der Waals surface area (Å²) in [5.41, 5.74) is 4.20. The lowest BCUT2D eigenvalue weighted by Gasteiger charge is -2.26. The van der Waals surface area contributed by atoms with Gasteiger partial charge in [-0.05, 0) is 157 Å². The second kappa shape index (κ2) is 17.1. The van der Waals surface area contributed by atoms with Crippen molar-refractivity contribution in [2.75, 3.05) is 4.90 Å². The lowest BCUT2D eigenvalue weighted by molar-refractivity contribution is 0.0874. The van der Waals surface area contributed by atoms with Crippen LogP contribution in [0.4, 0.5) is 5.69 Å². The van der Waals surface area contributed by atoms with E-state index in [9.17, 15) is 24.0 Å². The highest BCUT2D eigenvalue weighted by molar-refractivity contribution is 6.34. The van der Waals surface area contributed by atoms with Crippen LogP contribution in [0, 0.1) is 0 Å². The van der Waals surface area contributed by atoms with Gasteiger partial charge in [0.2, 0.25) is 0 Å². The molecule has 0 fully saturated rings. The SMILES string of the molecule is CC(C)(c1ccc(Oc2ccc3c(c2)C(=O)NC3=O)cc1)c1ccc(Oc2ccc3c(c2)C(=O)N(c2ccc(Oc4ccc(C(=O)c5ccc(Oc6ccccc6)cc5)cc4)cc2)C3=O)cc1. The number of fused-ring (bicyclic) bond motifs is 2. The zero-order valence-electron chi connectivity index (χ0n) is 36.0. The first-order valence-electron chi connectivity index (χ1n) is 21.3. The minimum atomic E-state index is -0.470. The molecule has 11 nitrogen and oxygen atoms in total. The van der Waals surface area contributed by atoms with Gasteiger partial charge in [0.1, 0.15) is 46.0 Å². The van der Waals surface area contributed by atoms with Crippen molar-refractivity contribution < 1.29 is 42.9 Å². The van der Waals surface area contributed by atoms with Crippen molar-refractivity contribution in [2.24, 2.45) is 0 Å². The van der Waals surface area contributed by atoms with Crippen molar-refractivity contribution in [1.82, 2.24) is 5.32 Å². The minimum Gasteiger partial charge on any atom is -0.457 e. The molecule has 4 amide bonds. The van der Waals surface area contributed by atoms with Gasteiger partial charge in [0, 0.05) is 16.5 Å². The molecule has 0 atom stereocenters. The second-order valence-electron chi connectivity index (χ2n) is 16.4. The number of nitrogens with zero attached hydrogens (tertiary/aromatic N) is 1. The first-order chi connectivity index (χ1) is 32.5. The number of ether oxygens (including phenoxy) is 4. The number of nitrogens with one attached hydrogen (secondary N) is 1. The Balaban J connectivity index is 0.744. The molecule has 0 spiro atoms. The monoisotopic (exact) mass is 882 g/mol. The van der Waals surface area contributed by atoms with E-state index in [2.05, 4.69) is 19.2 Å². The summed E-state index contributed by atoms with van der Waals surface area (Å²) < 4.78 is 24.0. The topological polar surface area (TPSA) is 138 Å². The minimum absolute atomic E-state index is 0.141. The number of ketones is 1. The van der Waals surface area contributed by atoms with Crippen LogP contribution in [0.15, 0.2) is 188 Å². The molecule has 11 heteroatoms. The van der Waals surface area contributed by atoms with Gasteiger partial charge in [-0.2, -0.15) is 0 Å². The first kappa shape index (κ1) is 41.9. The van der Waals surface area contributed by atoms with E-state index < -0.39 is 23.6 Å². The summed E-state index contributed by atoms with van der Waals surface area (Å²) in [6, 6.07) is 54.8. The Morgan fingerprint density at radius 2 is 0.776 bits per heavy atom. The predicted molar refractivity (Wildman–Crippen MR) is 250 cm³/mol. The van der Waals surface area contributed by atoms with Crippen LogP contribution in [0.5, 0.6) is 46.0 Å². The van der Waals surface area contributed by atoms with E-state index in [0.717, 1.165) is 16.0 Å². The highest BCUT2D eigenvalue weighted by atomic mass is 16.5. The number of amides is 4. The molecule has 326 valence electrons. The molecule has 0 aromatic heterocycles. The number of imide groups is 2. The zero-order valence-corrected chi connectivity index (χ0v) is 36.0. The molecule has 2 aliphatic rings. The van der Waals surface area contributed by atoms with Gasteiger partial charge in [-0.25, -0.2) is 4.90 Å². The summed E-state index contributed by atoms with van der Waals surface area (Å²) in [5, 5.41) is 2.29. The molecule has 2 heterocycles. The van der Waals surface area contributed by atoms with Crippen LogP contribution in [-0.2, 0) is 5.41 Å². The van der Waals surface area contributed by atoms with E-state index in [1.807, 2.05) is 78.9 Å². The molecule has 0 bridgehead atoms. The third-order valence-electron chi connectivity index (χ3n) is 11.7. The van der Waals surface area contributed by atoms with Crippen molar-refractivity contribution in [1.29, 1.82) is 0 Å². The van der Waals surface area contributed by atoms with E-state index in [-0.39, 0.29) is 27.9 Å². The normalized spacial score (nSPS) is 12.9. The fourth-order valence-electron chi connectivity index (χ4n) is 7.99. The maximum atomic E-state index is 13.7. The molecule has 8 aromatic carbocycles. The Kier molecular flexibility index (Phi) is 10.7. The van der Waals surface area contributed by atoms with Crippen LogP contribution in [0.2, 0.25) is 0 Å². The summed E-state index contributed by atoms with van der Waals surface area (Å²) in [6.07, 6.45) is 0. The number of carbonyl (C=O) groups is 5. The molecule has 0 radical (unpaired) electrons. The summed E-state index contributed by atoms with van der Waals surface area (Å²) in [5.74, 6) is 2.40. The van der Waals surface area contributed by atoms with Gasteiger partial charge in [-0.1, -0.05) is 56.3 Å². The van der Waals surface area contributed by atoms with Crippen molar-refractivity contribution in [3.05, 3.63) is 233 Å². The van der Waals surface area contributed by atoms with Crippen LogP contribution in [0.3, 0.4) is 0 Å². The lowest BCUT2D eigenvalue weighted by atomic mass is 9.78. The van der Waals surface area contributed by atoms with Gasteiger partial charge in [0.15, 0.2) is 5.78 Å². The van der Waals surface area contributed by atoms with Crippen molar-refractivity contribution in [3.8, 4) is 46.0 Å². The number of benzene rings is 8. The van der Waals surface area contributed by atoms with E-state index in [4.69, 9.17) is 18.9 Å². The zero-order chi connectivity index (χ0) is 46.2. The molecule has 0 saturated heterocycles. The lowest BCUT2D eigenvalue weighted by Crippen LogP contribution is -2.29. The maximum Gasteiger partial charge on any atom is 0.266 e. The number of rotatable bonds is 13. The summed E-state index contributed by atoms with van der Waals surface area (Å²) in [6.45, 7) is 4.22. The van der Waals surface area contributed by atoms with E-state index in [1.165, 1.54) is 0 Å². The Bertz CT molecular complexity index is 3240. The Morgan fingerprint density at radius 3 is 1.28 bits per heavy atom. The molecule has 8 aromatic rings. The average molecular weight is 883 g/mol. The molecule has 2 aliphatic heterocycles. The highest BCUT2D eigenvalue weighted by Gasteiger charge is 2.37. The van der Waals surface area contributed by atoms with Crippen LogP contribution in [0.25, 0.3) is 0 Å². The number of anilines is 1. The quantitative estimate of drug-likeness (QED) is 0.0886. The molecular weight excluding hydrogens is 845 g/mol. The largest absolute Gasteiger partial charge is 0.457 e. The van der Waals surface area contributed by atoms with Crippen molar-refractivity contribution in [3.63, 3.8) is 0 Å². The van der Waals surface area contributed by atoms with Gasteiger partial charge >= 0.3 is 0 Å². The van der Waals surface area contributed by atoms with E-state index in [1.54, 1.807) is 109 Å². The fourth-order valence-corrected chi connectivity index (χ4v) is 7.99. The fraction of sp³-hybridized carbons (Fsp3) is 0.0536. The average Bonchev–Trinajstić information content (AvgIpc) is 3.77. The van der Waals surface area contributed by atoms with E-state index >= 15 is 0 Å². The number of carbonyl (C=O) groups excluding carboxylic acids is 5. The smallest absolute Gasteiger partial charge is 0.266 e. The molecule has 67 heavy (non-hydrogen) atoms. The summed E-state index contributed by atoms with van der Waals surface area (Å²) >= 11 is 0. The molecule has 0 aliphatic carbocycles. The van der Waals surface area contributed by atoms with Gasteiger partial charge < -0.3 is 18.9 Å². The van der Waals surface area contributed by atoms with Crippen LogP contribution >= 0.6 is 0 Å². The number of hydrogen-bond acceptors (Lipinski definition) is 9. The molecule has 1 N–H and O–H groups in total. The predicted octanol–water partition coefficient (Wildman–Crippen LogP) is 12.1. The van der Waals surface area contributed by atoms with E-state index in [0.29, 0.717) is 68.4 Å². The molecule has 0 saturated carbocycles. The Labute approximate surface area is 384 Å². The second-order valence-corrected chi connectivity index (χ2v) is 16.4. The number of para-hydroxylation sites is 1. The van der Waals surface area contributed by atoms with Gasteiger partial charge in [0.05, 0.1) is 27.9 Å². The first-order valence-corrected chi connectivity index (χ1v) is 21.3. The standard InChI is InChI=1S/C56H38N2O9/c1-56(2,36-12-22-42(23-13-36)66-45-28-30-47-49(32-45)53(61)57-52(47)60)37-14-24-43(25-15-37)67-46-29-31-48-50(33-46)55(63)58(54(48)62)38-16-26-44(27-17-38)65-41-20-10-35(11-21-41)51(59)34-8-18-40(19-9-34)64-39-6-4-3-5-7-39/h3-33H,1-2H3,(H,57,60,61). The van der Waals surface area contributed by atoms with Gasteiger partial charge in [0.25, 0.3) is 23.6 Å². The third-order valence-corrected chi connectivity index (χ3v) is 11.7. The van der Waals surface area contributed by atoms with Gasteiger partial charge in [-0.3, -0.25) is 29.3 Å². The van der Waals surface area contributed by atoms with Gasteiger partial charge in [-0.15, -0.1) is 0 Å². The maximum absolute atomic E-state index is 13.7. The van der Waals surface area contributed by atoms with Crippen LogP contribution in [0.1, 0.15) is 82.3 Å². The molecule has 10 rings (SSSR count). The summed E-state index contributed by atoms with van der Waals surface area (Å²) in [7, 11) is 0. The van der Waals surface area contributed by atoms with Crippen molar-refractivity contribution >= 4 is 35.1 Å². The third kappa shape index (κ3) is 8.40. The van der Waals surface area contributed by atoms with Crippen LogP contribution < -0.4 is 29.2 Å². The molecule has 0 unspecified atom stereocenters. The summed E-state index contributed by atoms with van der Waals surface area (Å²) in [4.78, 5) is 65.5. The molecular formula is C56H38N2O9. The Morgan fingerprint density at radius 1 is 0.403 bits per heavy atom. The number of hydrogen-bond donors (Lipinski definition) is 1. The van der Waals surface area contributed by atoms with Crippen LogP contribution in [-0.4, -0.2) is 29.4 Å². The highest BCUT2D eigenvalue weighted by Crippen LogP contribution is 2.37. The Hall–Kier alpha value is -9.09.